The van der Waals surface area contributed by atoms with E-state index in [9.17, 15) is 10.2 Å². The van der Waals surface area contributed by atoms with Crippen molar-refractivity contribution >= 4 is 6.08 Å². The van der Waals surface area contributed by atoms with E-state index < -0.39 is 0 Å². The number of rotatable bonds is 2. The van der Waals surface area contributed by atoms with Crippen molar-refractivity contribution in [2.45, 2.75) is 6.92 Å². The van der Waals surface area contributed by atoms with Gasteiger partial charge in [0.2, 0.25) is 0 Å². The van der Waals surface area contributed by atoms with Crippen molar-refractivity contribution in [1.82, 2.24) is 0 Å². The number of hydrogen-bond donors (Lipinski definition) is 2. The first-order valence-electron chi connectivity index (χ1n) is 3.91. The van der Waals surface area contributed by atoms with Crippen LogP contribution in [0.2, 0.25) is 0 Å². The van der Waals surface area contributed by atoms with Gasteiger partial charge < -0.3 is 14.9 Å². The Morgan fingerprint density at radius 3 is 2.54 bits per heavy atom. The monoisotopic (exact) mass is 180 g/mol. The SMILES string of the molecule is CC=Cc1cc(O)cc(OC)c1O. The van der Waals surface area contributed by atoms with E-state index in [1.165, 1.54) is 19.2 Å². The van der Waals surface area contributed by atoms with Crippen LogP contribution in [0, 0.1) is 0 Å². The van der Waals surface area contributed by atoms with E-state index in [2.05, 4.69) is 0 Å². The molecular weight excluding hydrogens is 168 g/mol. The summed E-state index contributed by atoms with van der Waals surface area (Å²) < 4.78 is 4.87. The summed E-state index contributed by atoms with van der Waals surface area (Å²) in [6.07, 6.45) is 3.46. The highest BCUT2D eigenvalue weighted by Crippen LogP contribution is 2.34. The molecule has 0 aliphatic heterocycles. The Morgan fingerprint density at radius 2 is 2.00 bits per heavy atom. The zero-order chi connectivity index (χ0) is 9.84. The number of phenols is 2. The first kappa shape index (κ1) is 9.45. The summed E-state index contributed by atoms with van der Waals surface area (Å²) in [6.45, 7) is 1.83. The standard InChI is InChI=1S/C10H12O3/c1-3-4-7-5-8(11)6-9(13-2)10(7)12/h3-6,11-12H,1-2H3. The van der Waals surface area contributed by atoms with Crippen molar-refractivity contribution in [2.75, 3.05) is 7.11 Å². The Balaban J connectivity index is 3.26. The number of benzene rings is 1. The predicted molar refractivity (Wildman–Crippen MR) is 51.0 cm³/mol. The van der Waals surface area contributed by atoms with Gasteiger partial charge in [-0.05, 0) is 13.0 Å². The molecule has 0 saturated carbocycles. The molecule has 2 N–H and O–H groups in total. The molecule has 1 aromatic carbocycles. The zero-order valence-electron chi connectivity index (χ0n) is 7.61. The van der Waals surface area contributed by atoms with Gasteiger partial charge in [0.15, 0.2) is 11.5 Å². The largest absolute Gasteiger partial charge is 0.508 e. The maximum Gasteiger partial charge on any atom is 0.165 e. The molecule has 0 aromatic heterocycles. The molecule has 0 amide bonds. The number of methoxy groups -OCH3 is 1. The summed E-state index contributed by atoms with van der Waals surface area (Å²) in [5, 5.41) is 18.8. The van der Waals surface area contributed by atoms with Crippen LogP contribution in [0.5, 0.6) is 17.2 Å². The Hall–Kier alpha value is -1.64. The summed E-state index contributed by atoms with van der Waals surface area (Å²) in [7, 11) is 1.44. The molecule has 3 heteroatoms. The minimum atomic E-state index is 0.0402. The minimum absolute atomic E-state index is 0.0402. The number of aromatic hydroxyl groups is 2. The predicted octanol–water partition coefficient (Wildman–Crippen LogP) is 2.14. The Bertz CT molecular complexity index is 329. The van der Waals surface area contributed by atoms with Crippen LogP contribution in [0.25, 0.3) is 6.08 Å². The molecule has 0 bridgehead atoms. The fourth-order valence-corrected chi connectivity index (χ4v) is 1.08. The van der Waals surface area contributed by atoms with Crippen molar-refractivity contribution < 1.29 is 14.9 Å². The summed E-state index contributed by atoms with van der Waals surface area (Å²) in [4.78, 5) is 0. The van der Waals surface area contributed by atoms with E-state index in [1.807, 2.05) is 6.92 Å². The molecule has 0 atom stereocenters. The van der Waals surface area contributed by atoms with Gasteiger partial charge in [0.05, 0.1) is 7.11 Å². The summed E-state index contributed by atoms with van der Waals surface area (Å²) >= 11 is 0. The van der Waals surface area contributed by atoms with Crippen LogP contribution in [-0.4, -0.2) is 17.3 Å². The van der Waals surface area contributed by atoms with Gasteiger partial charge in [-0.25, -0.2) is 0 Å². The summed E-state index contributed by atoms with van der Waals surface area (Å²) in [5.41, 5.74) is 0.541. The van der Waals surface area contributed by atoms with Crippen molar-refractivity contribution in [1.29, 1.82) is 0 Å². The molecule has 0 radical (unpaired) electrons. The van der Waals surface area contributed by atoms with E-state index in [4.69, 9.17) is 4.74 Å². The molecule has 0 saturated heterocycles. The third kappa shape index (κ3) is 1.93. The molecule has 0 spiro atoms. The van der Waals surface area contributed by atoms with Crippen molar-refractivity contribution in [3.05, 3.63) is 23.8 Å². The van der Waals surface area contributed by atoms with Gasteiger partial charge in [0.1, 0.15) is 5.75 Å². The molecule has 70 valence electrons. The quantitative estimate of drug-likeness (QED) is 0.685. The maximum absolute atomic E-state index is 9.56. The topological polar surface area (TPSA) is 49.7 Å². The Labute approximate surface area is 76.9 Å². The fourth-order valence-electron chi connectivity index (χ4n) is 1.08. The molecule has 0 unspecified atom stereocenters. The fraction of sp³-hybridized carbons (Fsp3) is 0.200. The maximum atomic E-state index is 9.56. The third-order valence-corrected chi connectivity index (χ3v) is 1.66. The molecule has 0 fully saturated rings. The first-order valence-corrected chi connectivity index (χ1v) is 3.91. The lowest BCUT2D eigenvalue weighted by Gasteiger charge is -2.06. The Morgan fingerprint density at radius 1 is 1.31 bits per heavy atom. The van der Waals surface area contributed by atoms with Crippen LogP contribution in [0.1, 0.15) is 12.5 Å². The molecule has 0 aliphatic carbocycles. The van der Waals surface area contributed by atoms with E-state index >= 15 is 0 Å². The van der Waals surface area contributed by atoms with Crippen LogP contribution in [0.4, 0.5) is 0 Å². The average molecular weight is 180 g/mol. The molecule has 3 nitrogen and oxygen atoms in total. The van der Waals surface area contributed by atoms with Crippen LogP contribution >= 0.6 is 0 Å². The summed E-state index contributed by atoms with van der Waals surface area (Å²) in [5.74, 6) is 0.384. The molecule has 0 aliphatic rings. The molecule has 0 heterocycles. The smallest absolute Gasteiger partial charge is 0.165 e. The van der Waals surface area contributed by atoms with Gasteiger partial charge in [0, 0.05) is 11.6 Å². The minimum Gasteiger partial charge on any atom is -0.508 e. The van der Waals surface area contributed by atoms with Crippen molar-refractivity contribution in [2.24, 2.45) is 0 Å². The van der Waals surface area contributed by atoms with Crippen molar-refractivity contribution in [3.63, 3.8) is 0 Å². The van der Waals surface area contributed by atoms with E-state index in [0.29, 0.717) is 5.56 Å². The van der Waals surface area contributed by atoms with Crippen LogP contribution < -0.4 is 4.74 Å². The second-order valence-corrected chi connectivity index (χ2v) is 2.59. The highest BCUT2D eigenvalue weighted by molar-refractivity contribution is 5.64. The number of phenolic OH excluding ortho intramolecular Hbond substituents is 2. The van der Waals surface area contributed by atoms with Gasteiger partial charge in [0.25, 0.3) is 0 Å². The highest BCUT2D eigenvalue weighted by atomic mass is 16.5. The van der Waals surface area contributed by atoms with E-state index in [-0.39, 0.29) is 17.2 Å². The van der Waals surface area contributed by atoms with Gasteiger partial charge in [-0.15, -0.1) is 0 Å². The third-order valence-electron chi connectivity index (χ3n) is 1.66. The summed E-state index contributed by atoms with van der Waals surface area (Å²) in [6, 6.07) is 2.83. The zero-order valence-corrected chi connectivity index (χ0v) is 7.61. The number of ether oxygens (including phenoxy) is 1. The van der Waals surface area contributed by atoms with E-state index in [0.717, 1.165) is 0 Å². The molecule has 1 aromatic rings. The van der Waals surface area contributed by atoms with Gasteiger partial charge in [-0.2, -0.15) is 0 Å². The lowest BCUT2D eigenvalue weighted by Crippen LogP contribution is -1.85. The Kier molecular flexibility index (Phi) is 2.80. The first-order chi connectivity index (χ1) is 6.19. The van der Waals surface area contributed by atoms with Crippen LogP contribution in [-0.2, 0) is 0 Å². The second kappa shape index (κ2) is 3.85. The van der Waals surface area contributed by atoms with Crippen molar-refractivity contribution in [3.8, 4) is 17.2 Å². The lowest BCUT2D eigenvalue weighted by atomic mass is 10.1. The number of hydrogen-bond acceptors (Lipinski definition) is 3. The second-order valence-electron chi connectivity index (χ2n) is 2.59. The van der Waals surface area contributed by atoms with Crippen LogP contribution in [0.15, 0.2) is 18.2 Å². The average Bonchev–Trinajstić information content (AvgIpc) is 2.11. The van der Waals surface area contributed by atoms with Gasteiger partial charge in [-0.1, -0.05) is 12.2 Å². The lowest BCUT2D eigenvalue weighted by molar-refractivity contribution is 0.368. The molecular formula is C10H12O3. The van der Waals surface area contributed by atoms with Crippen LogP contribution in [0.3, 0.4) is 0 Å². The van der Waals surface area contributed by atoms with Gasteiger partial charge in [-0.3, -0.25) is 0 Å². The number of allylic oxidation sites excluding steroid dienone is 1. The molecule has 1 rings (SSSR count). The van der Waals surface area contributed by atoms with E-state index in [1.54, 1.807) is 12.2 Å². The van der Waals surface area contributed by atoms with Gasteiger partial charge >= 0.3 is 0 Å². The molecule has 13 heavy (non-hydrogen) atoms. The highest BCUT2D eigenvalue weighted by Gasteiger charge is 2.07. The normalized spacial score (nSPS) is 10.6.